The molecule has 0 radical (unpaired) electrons. The van der Waals surface area contributed by atoms with Crippen molar-refractivity contribution in [2.75, 3.05) is 5.32 Å². The van der Waals surface area contributed by atoms with E-state index in [2.05, 4.69) is 33.0 Å². The lowest BCUT2D eigenvalue weighted by Crippen LogP contribution is -2.18. The molecule has 0 spiro atoms. The Labute approximate surface area is 158 Å². The number of benzene rings is 1. The van der Waals surface area contributed by atoms with Gasteiger partial charge in [-0.15, -0.1) is 0 Å². The van der Waals surface area contributed by atoms with Gasteiger partial charge in [-0.05, 0) is 34.9 Å². The predicted molar refractivity (Wildman–Crippen MR) is 102 cm³/mol. The second-order valence-corrected chi connectivity index (χ2v) is 8.34. The Morgan fingerprint density at radius 2 is 1.78 bits per heavy atom. The molecule has 6 heteroatoms. The van der Waals surface area contributed by atoms with Crippen LogP contribution in [-0.4, -0.2) is 10.5 Å². The third kappa shape index (κ3) is 5.88. The highest BCUT2D eigenvalue weighted by Crippen LogP contribution is 2.35. The van der Waals surface area contributed by atoms with Crippen LogP contribution in [0.15, 0.2) is 36.7 Å². The van der Waals surface area contributed by atoms with Crippen molar-refractivity contribution in [1.82, 2.24) is 4.57 Å². The van der Waals surface area contributed by atoms with Crippen molar-refractivity contribution < 1.29 is 18.0 Å². The molecule has 148 valence electrons. The molecule has 27 heavy (non-hydrogen) atoms. The van der Waals surface area contributed by atoms with Gasteiger partial charge in [0.1, 0.15) is 0 Å². The fraction of sp³-hybridized carbons (Fsp3) is 0.476. The number of carbonyl (C=O) groups excluding carboxylic acids is 1. The molecule has 1 atom stereocenters. The molecule has 0 aliphatic carbocycles. The Morgan fingerprint density at radius 1 is 1.15 bits per heavy atom. The minimum atomic E-state index is -4.48. The smallest absolute Gasteiger partial charge is 0.356 e. The first-order valence-electron chi connectivity index (χ1n) is 8.97. The van der Waals surface area contributed by atoms with Gasteiger partial charge in [-0.3, -0.25) is 4.79 Å². The van der Waals surface area contributed by atoms with Gasteiger partial charge in [0.05, 0.1) is 12.0 Å². The Hall–Kier alpha value is -2.24. The number of aromatic nitrogens is 1. The van der Waals surface area contributed by atoms with E-state index in [-0.39, 0.29) is 23.3 Å². The zero-order valence-electron chi connectivity index (χ0n) is 16.4. The molecule has 0 bridgehead atoms. The summed E-state index contributed by atoms with van der Waals surface area (Å²) in [6, 6.07) is 7.47. The molecule has 0 saturated carbocycles. The van der Waals surface area contributed by atoms with Crippen molar-refractivity contribution in [2.24, 2.45) is 12.5 Å². The standard InChI is InChI=1S/C21H27F3N2O/c1-14(11-20(2,3)4)16-8-6-7-9-18(16)25-19(27)10-15-12-26(5)13-17(15)21(22,23)24/h6-9,12-14H,10-11H2,1-5H3,(H,25,27). The number of anilines is 1. The van der Waals surface area contributed by atoms with E-state index in [4.69, 9.17) is 0 Å². The van der Waals surface area contributed by atoms with Gasteiger partial charge in [-0.1, -0.05) is 45.9 Å². The lowest BCUT2D eigenvalue weighted by Gasteiger charge is -2.25. The van der Waals surface area contributed by atoms with Crippen LogP contribution in [0.5, 0.6) is 0 Å². The molecule has 2 aromatic rings. The van der Waals surface area contributed by atoms with Crippen LogP contribution in [0.25, 0.3) is 0 Å². The Kier molecular flexibility index (Phi) is 6.07. The lowest BCUT2D eigenvalue weighted by molar-refractivity contribution is -0.138. The van der Waals surface area contributed by atoms with Crippen molar-refractivity contribution in [1.29, 1.82) is 0 Å². The lowest BCUT2D eigenvalue weighted by atomic mass is 9.82. The van der Waals surface area contributed by atoms with E-state index in [1.807, 2.05) is 18.2 Å². The quantitative estimate of drug-likeness (QED) is 0.702. The molecule has 1 amide bonds. The zero-order valence-corrected chi connectivity index (χ0v) is 16.4. The average Bonchev–Trinajstić information content (AvgIpc) is 2.86. The topological polar surface area (TPSA) is 34.0 Å². The number of nitrogens with one attached hydrogen (secondary N) is 1. The molecule has 0 fully saturated rings. The second-order valence-electron chi connectivity index (χ2n) is 8.34. The third-order valence-corrected chi connectivity index (χ3v) is 4.38. The van der Waals surface area contributed by atoms with Crippen molar-refractivity contribution >= 4 is 11.6 Å². The summed E-state index contributed by atoms with van der Waals surface area (Å²) in [6.07, 6.45) is -1.52. The molecular weight excluding hydrogens is 353 g/mol. The van der Waals surface area contributed by atoms with Crippen LogP contribution in [0, 0.1) is 5.41 Å². The second kappa shape index (κ2) is 7.79. The molecule has 1 heterocycles. The van der Waals surface area contributed by atoms with E-state index in [0.717, 1.165) is 18.2 Å². The number of halogens is 3. The van der Waals surface area contributed by atoms with E-state index in [1.165, 1.54) is 17.8 Å². The maximum absolute atomic E-state index is 13.1. The maximum Gasteiger partial charge on any atom is 0.418 e. The average molecular weight is 380 g/mol. The summed E-state index contributed by atoms with van der Waals surface area (Å²) in [4.78, 5) is 12.4. The third-order valence-electron chi connectivity index (χ3n) is 4.38. The number of nitrogens with zero attached hydrogens (tertiary/aromatic N) is 1. The van der Waals surface area contributed by atoms with Gasteiger partial charge in [0.25, 0.3) is 0 Å². The summed E-state index contributed by atoms with van der Waals surface area (Å²) >= 11 is 0. The number of para-hydroxylation sites is 1. The molecule has 0 aliphatic rings. The highest BCUT2D eigenvalue weighted by atomic mass is 19.4. The molecular formula is C21H27F3N2O. The highest BCUT2D eigenvalue weighted by molar-refractivity contribution is 5.93. The Balaban J connectivity index is 2.18. The number of rotatable bonds is 5. The van der Waals surface area contributed by atoms with Gasteiger partial charge in [0.15, 0.2) is 0 Å². The van der Waals surface area contributed by atoms with Crippen molar-refractivity contribution in [3.8, 4) is 0 Å². The minimum Gasteiger partial charge on any atom is -0.356 e. The molecule has 2 rings (SSSR count). The van der Waals surface area contributed by atoms with Gasteiger partial charge in [-0.25, -0.2) is 0 Å². The first kappa shape index (κ1) is 21.1. The Morgan fingerprint density at radius 3 is 2.37 bits per heavy atom. The molecule has 1 unspecified atom stereocenters. The number of hydrogen-bond donors (Lipinski definition) is 1. The first-order valence-corrected chi connectivity index (χ1v) is 8.97. The van der Waals surface area contributed by atoms with Gasteiger partial charge in [-0.2, -0.15) is 13.2 Å². The molecule has 1 N–H and O–H groups in total. The summed E-state index contributed by atoms with van der Waals surface area (Å²) in [6.45, 7) is 8.55. The van der Waals surface area contributed by atoms with Crippen LogP contribution in [0.3, 0.4) is 0 Å². The largest absolute Gasteiger partial charge is 0.418 e. The van der Waals surface area contributed by atoms with E-state index >= 15 is 0 Å². The van der Waals surface area contributed by atoms with Gasteiger partial charge >= 0.3 is 6.18 Å². The zero-order chi connectivity index (χ0) is 20.4. The fourth-order valence-corrected chi connectivity index (χ4v) is 3.47. The molecule has 3 nitrogen and oxygen atoms in total. The number of amides is 1. The van der Waals surface area contributed by atoms with Crippen molar-refractivity contribution in [3.05, 3.63) is 53.3 Å². The summed E-state index contributed by atoms with van der Waals surface area (Å²) < 4.78 is 40.7. The minimum absolute atomic E-state index is 0.0253. The van der Waals surface area contributed by atoms with Crippen LogP contribution in [0.2, 0.25) is 0 Å². The Bertz CT molecular complexity index is 800. The normalized spacial score (nSPS) is 13.5. The fourth-order valence-electron chi connectivity index (χ4n) is 3.47. The van der Waals surface area contributed by atoms with Crippen molar-refractivity contribution in [3.63, 3.8) is 0 Å². The number of alkyl halides is 3. The van der Waals surface area contributed by atoms with Crippen LogP contribution >= 0.6 is 0 Å². The predicted octanol–water partition coefficient (Wildman–Crippen LogP) is 5.76. The van der Waals surface area contributed by atoms with E-state index < -0.39 is 17.6 Å². The van der Waals surface area contributed by atoms with Crippen LogP contribution in [-0.2, 0) is 24.4 Å². The highest BCUT2D eigenvalue weighted by Gasteiger charge is 2.35. The van der Waals surface area contributed by atoms with E-state index in [1.54, 1.807) is 6.07 Å². The van der Waals surface area contributed by atoms with E-state index in [0.29, 0.717) is 5.69 Å². The molecule has 0 aliphatic heterocycles. The van der Waals surface area contributed by atoms with Crippen molar-refractivity contribution in [2.45, 2.75) is 52.6 Å². The van der Waals surface area contributed by atoms with Gasteiger partial charge < -0.3 is 9.88 Å². The monoisotopic (exact) mass is 380 g/mol. The number of hydrogen-bond acceptors (Lipinski definition) is 1. The van der Waals surface area contributed by atoms with Crippen LogP contribution < -0.4 is 5.32 Å². The summed E-state index contributed by atoms with van der Waals surface area (Å²) in [5.74, 6) is -0.244. The maximum atomic E-state index is 13.1. The molecule has 1 aromatic carbocycles. The SMILES string of the molecule is CC(CC(C)(C)C)c1ccccc1NC(=O)Cc1cn(C)cc1C(F)(F)F. The van der Waals surface area contributed by atoms with E-state index in [9.17, 15) is 18.0 Å². The molecule has 0 saturated heterocycles. The first-order chi connectivity index (χ1) is 12.4. The van der Waals surface area contributed by atoms with Crippen LogP contribution in [0.4, 0.5) is 18.9 Å². The summed E-state index contributed by atoms with van der Waals surface area (Å²) in [5, 5.41) is 2.80. The summed E-state index contributed by atoms with van der Waals surface area (Å²) in [7, 11) is 1.51. The summed E-state index contributed by atoms with van der Waals surface area (Å²) in [5.41, 5.74) is 0.980. The van der Waals surface area contributed by atoms with Crippen LogP contribution in [0.1, 0.15) is 56.7 Å². The number of aryl methyl sites for hydroxylation is 1. The van der Waals surface area contributed by atoms with Gasteiger partial charge in [0, 0.05) is 25.1 Å². The van der Waals surface area contributed by atoms with Gasteiger partial charge in [0.2, 0.25) is 5.91 Å². The molecule has 1 aromatic heterocycles. The number of carbonyl (C=O) groups is 1.